The summed E-state index contributed by atoms with van der Waals surface area (Å²) in [5.41, 5.74) is 0.204. The number of carboxylic acids is 1. The molecule has 7 heteroatoms. The quantitative estimate of drug-likeness (QED) is 0.561. The van der Waals surface area contributed by atoms with Crippen LogP contribution in [0, 0.1) is 16.0 Å². The van der Waals surface area contributed by atoms with Crippen LogP contribution in [0.3, 0.4) is 0 Å². The number of ether oxygens (including phenoxy) is 1. The lowest BCUT2D eigenvalue weighted by Gasteiger charge is -2.13. The molecule has 1 unspecified atom stereocenters. The molecule has 1 rings (SSSR count). The van der Waals surface area contributed by atoms with Crippen molar-refractivity contribution in [2.75, 3.05) is 18.5 Å². The van der Waals surface area contributed by atoms with Gasteiger partial charge in [-0.25, -0.2) is 0 Å². The zero-order chi connectivity index (χ0) is 15.1. The van der Waals surface area contributed by atoms with E-state index in [1.807, 2.05) is 0 Å². The van der Waals surface area contributed by atoms with Crippen molar-refractivity contribution in [2.24, 2.45) is 5.92 Å². The van der Waals surface area contributed by atoms with Crippen LogP contribution in [0.4, 0.5) is 11.4 Å². The molecule has 0 bridgehead atoms. The van der Waals surface area contributed by atoms with Crippen LogP contribution in [0.25, 0.3) is 0 Å². The van der Waals surface area contributed by atoms with Gasteiger partial charge in [0.05, 0.1) is 11.5 Å². The average molecular weight is 282 g/mol. The lowest BCUT2D eigenvalue weighted by atomic mass is 10.1. The molecule has 0 saturated heterocycles. The van der Waals surface area contributed by atoms with Gasteiger partial charge in [0.1, 0.15) is 5.69 Å². The summed E-state index contributed by atoms with van der Waals surface area (Å²) in [5.74, 6) is -0.826. The molecule has 110 valence electrons. The number of carbonyl (C=O) groups is 1. The van der Waals surface area contributed by atoms with Crippen LogP contribution < -0.4 is 10.1 Å². The first-order valence-electron chi connectivity index (χ1n) is 6.31. The highest BCUT2D eigenvalue weighted by Gasteiger charge is 2.21. The Labute approximate surface area is 116 Å². The smallest absolute Gasteiger partial charge is 0.333 e. The Bertz CT molecular complexity index is 490. The minimum absolute atomic E-state index is 0.00590. The minimum atomic E-state index is -0.892. The molecule has 1 atom stereocenters. The van der Waals surface area contributed by atoms with E-state index in [2.05, 4.69) is 5.32 Å². The van der Waals surface area contributed by atoms with Crippen molar-refractivity contribution in [3.63, 3.8) is 0 Å². The van der Waals surface area contributed by atoms with Crippen molar-refractivity contribution in [1.82, 2.24) is 0 Å². The van der Waals surface area contributed by atoms with Crippen LogP contribution in [0.2, 0.25) is 0 Å². The molecule has 0 aliphatic carbocycles. The molecular formula is C13H18N2O5. The third kappa shape index (κ3) is 4.42. The van der Waals surface area contributed by atoms with Gasteiger partial charge >= 0.3 is 11.7 Å². The summed E-state index contributed by atoms with van der Waals surface area (Å²) in [6.45, 7) is 4.18. The van der Waals surface area contributed by atoms with Gasteiger partial charge in [-0.15, -0.1) is 0 Å². The highest BCUT2D eigenvalue weighted by atomic mass is 16.6. The first-order chi connectivity index (χ1) is 9.45. The number of nitro groups is 1. The summed E-state index contributed by atoms with van der Waals surface area (Å²) in [7, 11) is 0. The van der Waals surface area contributed by atoms with E-state index in [0.29, 0.717) is 18.8 Å². The molecule has 0 saturated carbocycles. The Balaban J connectivity index is 2.86. The standard InChI is InChI=1S/C13H18N2O5/c1-3-20-11-6-4-5-10(13(11)15(18)19)14-8-9(2)7-12(16)17/h4-6,9,14H,3,7-8H2,1-2H3,(H,16,17). The second-order valence-corrected chi connectivity index (χ2v) is 4.43. The molecule has 0 aliphatic rings. The fraction of sp³-hybridized carbons (Fsp3) is 0.462. The molecule has 20 heavy (non-hydrogen) atoms. The number of para-hydroxylation sites is 1. The minimum Gasteiger partial charge on any atom is -0.487 e. The van der Waals surface area contributed by atoms with Gasteiger partial charge in [0.2, 0.25) is 0 Å². The van der Waals surface area contributed by atoms with Gasteiger partial charge in [-0.2, -0.15) is 0 Å². The van der Waals surface area contributed by atoms with E-state index in [1.165, 1.54) is 6.07 Å². The van der Waals surface area contributed by atoms with Gasteiger partial charge in [0.15, 0.2) is 5.75 Å². The van der Waals surface area contributed by atoms with Crippen molar-refractivity contribution in [3.05, 3.63) is 28.3 Å². The number of nitro benzene ring substituents is 1. The number of rotatable bonds is 8. The Hall–Kier alpha value is -2.31. The summed E-state index contributed by atoms with van der Waals surface area (Å²) < 4.78 is 5.23. The Morgan fingerprint density at radius 2 is 2.25 bits per heavy atom. The predicted molar refractivity (Wildman–Crippen MR) is 74.2 cm³/mol. The fourth-order valence-electron chi connectivity index (χ4n) is 1.78. The van der Waals surface area contributed by atoms with E-state index >= 15 is 0 Å². The summed E-state index contributed by atoms with van der Waals surface area (Å²) in [4.78, 5) is 21.2. The number of hydrogen-bond acceptors (Lipinski definition) is 5. The molecule has 0 aromatic heterocycles. The summed E-state index contributed by atoms with van der Waals surface area (Å²) in [5, 5.41) is 22.7. The van der Waals surface area contributed by atoms with Crippen LogP contribution >= 0.6 is 0 Å². The Kier molecular flexibility index (Phi) is 5.76. The number of carboxylic acid groups (broad SMARTS) is 1. The van der Waals surface area contributed by atoms with Gasteiger partial charge in [-0.05, 0) is 25.0 Å². The maximum absolute atomic E-state index is 11.1. The van der Waals surface area contributed by atoms with E-state index in [4.69, 9.17) is 9.84 Å². The molecule has 2 N–H and O–H groups in total. The van der Waals surface area contributed by atoms with Crippen LogP contribution in [-0.4, -0.2) is 29.2 Å². The summed E-state index contributed by atoms with van der Waals surface area (Å²) in [6, 6.07) is 4.77. The third-order valence-electron chi connectivity index (χ3n) is 2.65. The second-order valence-electron chi connectivity index (χ2n) is 4.43. The molecular weight excluding hydrogens is 264 g/mol. The average Bonchev–Trinajstić information content (AvgIpc) is 2.35. The molecule has 7 nitrogen and oxygen atoms in total. The summed E-state index contributed by atoms with van der Waals surface area (Å²) >= 11 is 0. The molecule has 1 aromatic carbocycles. The number of nitrogens with zero attached hydrogens (tertiary/aromatic N) is 1. The van der Waals surface area contributed by atoms with E-state index in [-0.39, 0.29) is 23.8 Å². The third-order valence-corrected chi connectivity index (χ3v) is 2.65. The van der Waals surface area contributed by atoms with Crippen molar-refractivity contribution in [3.8, 4) is 5.75 Å². The van der Waals surface area contributed by atoms with Gasteiger partial charge < -0.3 is 15.2 Å². The van der Waals surface area contributed by atoms with Crippen molar-refractivity contribution >= 4 is 17.3 Å². The fourth-order valence-corrected chi connectivity index (χ4v) is 1.78. The van der Waals surface area contributed by atoms with Crippen LogP contribution in [0.15, 0.2) is 18.2 Å². The van der Waals surface area contributed by atoms with Crippen molar-refractivity contribution in [2.45, 2.75) is 20.3 Å². The first kappa shape index (κ1) is 15.7. The number of nitrogens with one attached hydrogen (secondary N) is 1. The maximum atomic E-state index is 11.1. The van der Waals surface area contributed by atoms with Crippen molar-refractivity contribution in [1.29, 1.82) is 0 Å². The number of benzene rings is 1. The second kappa shape index (κ2) is 7.32. The Morgan fingerprint density at radius 3 is 2.80 bits per heavy atom. The lowest BCUT2D eigenvalue weighted by Crippen LogP contribution is -2.15. The maximum Gasteiger partial charge on any atom is 0.333 e. The molecule has 0 heterocycles. The van der Waals surface area contributed by atoms with Crippen LogP contribution in [0.1, 0.15) is 20.3 Å². The number of hydrogen-bond donors (Lipinski definition) is 2. The summed E-state index contributed by atoms with van der Waals surface area (Å²) in [6.07, 6.45) is 0.00590. The van der Waals surface area contributed by atoms with Gasteiger partial charge in [-0.1, -0.05) is 13.0 Å². The van der Waals surface area contributed by atoms with E-state index in [0.717, 1.165) is 0 Å². The largest absolute Gasteiger partial charge is 0.487 e. The molecule has 1 aromatic rings. The Morgan fingerprint density at radius 1 is 1.55 bits per heavy atom. The predicted octanol–water partition coefficient (Wildman–Crippen LogP) is 2.52. The van der Waals surface area contributed by atoms with Gasteiger partial charge in [0, 0.05) is 13.0 Å². The topological polar surface area (TPSA) is 102 Å². The molecule has 0 amide bonds. The molecule has 0 aliphatic heterocycles. The van der Waals surface area contributed by atoms with E-state index in [1.54, 1.807) is 26.0 Å². The number of aliphatic carboxylic acids is 1. The number of anilines is 1. The lowest BCUT2D eigenvalue weighted by molar-refractivity contribution is -0.384. The SMILES string of the molecule is CCOc1cccc(NCC(C)CC(=O)O)c1[N+](=O)[O-]. The molecule has 0 fully saturated rings. The molecule has 0 spiro atoms. The monoisotopic (exact) mass is 282 g/mol. The molecule has 0 radical (unpaired) electrons. The highest BCUT2D eigenvalue weighted by molar-refractivity contribution is 5.69. The van der Waals surface area contributed by atoms with E-state index in [9.17, 15) is 14.9 Å². The van der Waals surface area contributed by atoms with Crippen LogP contribution in [0.5, 0.6) is 5.75 Å². The zero-order valence-corrected chi connectivity index (χ0v) is 11.5. The van der Waals surface area contributed by atoms with Crippen molar-refractivity contribution < 1.29 is 19.6 Å². The zero-order valence-electron chi connectivity index (χ0n) is 11.5. The van der Waals surface area contributed by atoms with Gasteiger partial charge in [-0.3, -0.25) is 14.9 Å². The van der Waals surface area contributed by atoms with Crippen LogP contribution in [-0.2, 0) is 4.79 Å². The first-order valence-corrected chi connectivity index (χ1v) is 6.31. The van der Waals surface area contributed by atoms with Gasteiger partial charge in [0.25, 0.3) is 0 Å². The van der Waals surface area contributed by atoms with E-state index < -0.39 is 10.9 Å². The normalized spacial score (nSPS) is 11.7. The highest BCUT2D eigenvalue weighted by Crippen LogP contribution is 2.34.